The molecule has 0 atom stereocenters. The molecule has 0 aromatic carbocycles. The number of carbonyl (C=O) groups excluding carboxylic acids is 3. The lowest BCUT2D eigenvalue weighted by molar-refractivity contribution is -0.171. The maximum Gasteiger partial charge on any atom is 0.450 e. The number of Topliss-reactive ketones (excluding diaryl/α,β-unsaturated/α-hetero) is 2. The molecule has 0 spiro atoms. The fourth-order valence-corrected chi connectivity index (χ4v) is 1.74. The molecule has 1 aromatic heterocycles. The van der Waals surface area contributed by atoms with Crippen LogP contribution in [-0.2, 0) is 20.5 Å². The number of aryl methyl sites for hydroxylation is 2. The van der Waals surface area contributed by atoms with Crippen molar-refractivity contribution >= 4 is 17.5 Å². The van der Waals surface area contributed by atoms with Gasteiger partial charge in [0.15, 0.2) is 0 Å². The first kappa shape index (κ1) is 23.5. The van der Waals surface area contributed by atoms with E-state index in [9.17, 15) is 40.7 Å². The Morgan fingerprint density at radius 1 is 1.08 bits per heavy atom. The molecule has 26 heavy (non-hydrogen) atoms. The maximum atomic E-state index is 12.7. The molecule has 0 saturated heterocycles. The van der Waals surface area contributed by atoms with Crippen LogP contribution < -0.4 is 0 Å². The molecule has 0 saturated carbocycles. The van der Waals surface area contributed by atoms with E-state index in [-0.39, 0.29) is 11.4 Å². The van der Waals surface area contributed by atoms with Gasteiger partial charge < -0.3 is 4.74 Å². The van der Waals surface area contributed by atoms with E-state index in [1.165, 1.54) is 13.8 Å². The third-order valence-corrected chi connectivity index (χ3v) is 2.75. The Labute approximate surface area is 144 Å². The molecular formula is C15H15F6NO4. The van der Waals surface area contributed by atoms with Crippen molar-refractivity contribution in [2.24, 2.45) is 0 Å². The highest BCUT2D eigenvalue weighted by Gasteiger charge is 2.38. The Balaban J connectivity index is 0.000000541. The van der Waals surface area contributed by atoms with Gasteiger partial charge in [-0.15, -0.1) is 0 Å². The number of esters is 1. The lowest BCUT2D eigenvalue weighted by atomic mass is 10.1. The molecule has 146 valence electrons. The van der Waals surface area contributed by atoms with Gasteiger partial charge in [0, 0.05) is 5.69 Å². The van der Waals surface area contributed by atoms with E-state index in [1.807, 2.05) is 0 Å². The van der Waals surface area contributed by atoms with Crippen LogP contribution in [0.5, 0.6) is 0 Å². The molecule has 0 N–H and O–H groups in total. The normalized spacial score (nSPS) is 11.3. The van der Waals surface area contributed by atoms with Gasteiger partial charge in [-0.1, -0.05) is 0 Å². The van der Waals surface area contributed by atoms with Gasteiger partial charge in [-0.3, -0.25) is 14.6 Å². The molecule has 1 aromatic rings. The lowest BCUT2D eigenvalue weighted by Gasteiger charge is -2.13. The Hall–Kier alpha value is -2.46. The van der Waals surface area contributed by atoms with Crippen molar-refractivity contribution < 1.29 is 45.5 Å². The second-order valence-corrected chi connectivity index (χ2v) is 5.06. The summed E-state index contributed by atoms with van der Waals surface area (Å²) in [6.45, 7) is 3.71. The number of ether oxygens (including phenoxy) is 1. The van der Waals surface area contributed by atoms with E-state index in [2.05, 4.69) is 9.72 Å². The number of alkyl halides is 6. The summed E-state index contributed by atoms with van der Waals surface area (Å²) < 4.78 is 76.2. The molecule has 0 fully saturated rings. The molecule has 1 rings (SSSR count). The van der Waals surface area contributed by atoms with Crippen LogP contribution in [0.2, 0.25) is 0 Å². The highest BCUT2D eigenvalue weighted by atomic mass is 19.4. The minimum absolute atomic E-state index is 0.0131. The Morgan fingerprint density at radius 3 is 1.88 bits per heavy atom. The number of rotatable bonds is 3. The Kier molecular flexibility index (Phi) is 7.94. The third-order valence-electron chi connectivity index (χ3n) is 2.75. The number of nitrogens with zero attached hydrogens (tertiary/aromatic N) is 1. The van der Waals surface area contributed by atoms with E-state index < -0.39 is 47.4 Å². The number of halogens is 6. The van der Waals surface area contributed by atoms with Crippen molar-refractivity contribution in [2.45, 2.75) is 39.5 Å². The van der Waals surface area contributed by atoms with Gasteiger partial charge in [0.1, 0.15) is 5.78 Å². The molecule has 0 aliphatic heterocycles. The molecule has 0 bridgehead atoms. The Bertz CT molecular complexity index is 695. The van der Waals surface area contributed by atoms with Gasteiger partial charge in [0.25, 0.3) is 0 Å². The molecule has 5 nitrogen and oxygen atoms in total. The standard InChI is InChI=1S/C10H10F3NO2.C5H5F3O2/c1-5-4-7(10(11,12)13)8(6(2)14-5)9(15)16-3;1-3(9)2-4(10)5(6,7)8/h4H,1-3H3;2H2,1H3. The zero-order valence-corrected chi connectivity index (χ0v) is 14.1. The number of pyridine rings is 1. The molecule has 11 heteroatoms. The fourth-order valence-electron chi connectivity index (χ4n) is 1.74. The van der Waals surface area contributed by atoms with Gasteiger partial charge in [0.05, 0.1) is 30.4 Å². The Morgan fingerprint density at radius 2 is 1.58 bits per heavy atom. The van der Waals surface area contributed by atoms with E-state index in [4.69, 9.17) is 0 Å². The van der Waals surface area contributed by atoms with Gasteiger partial charge >= 0.3 is 18.3 Å². The topological polar surface area (TPSA) is 73.3 Å². The van der Waals surface area contributed by atoms with Crippen LogP contribution in [0.15, 0.2) is 6.07 Å². The maximum absolute atomic E-state index is 12.7. The highest BCUT2D eigenvalue weighted by Crippen LogP contribution is 2.33. The number of methoxy groups -OCH3 is 1. The predicted octanol–water partition coefficient (Wildman–Crippen LogP) is 3.60. The van der Waals surface area contributed by atoms with Crippen molar-refractivity contribution in [2.75, 3.05) is 7.11 Å². The van der Waals surface area contributed by atoms with Crippen molar-refractivity contribution in [3.8, 4) is 0 Å². The number of aromatic nitrogens is 1. The third kappa shape index (κ3) is 7.19. The van der Waals surface area contributed by atoms with Crippen LogP contribution in [0.25, 0.3) is 0 Å². The summed E-state index contributed by atoms with van der Waals surface area (Å²) in [5.41, 5.74) is -1.32. The van der Waals surface area contributed by atoms with Crippen molar-refractivity contribution in [1.29, 1.82) is 0 Å². The number of carbonyl (C=O) groups is 3. The molecule has 0 radical (unpaired) electrons. The number of ketones is 2. The van der Waals surface area contributed by atoms with E-state index in [0.717, 1.165) is 20.1 Å². The second kappa shape index (κ2) is 8.77. The SMILES string of the molecule is CC(=O)CC(=O)C(F)(F)F.COC(=O)c1c(C(F)(F)F)cc(C)nc1C. The minimum Gasteiger partial charge on any atom is -0.465 e. The summed E-state index contributed by atoms with van der Waals surface area (Å²) in [6, 6.07) is 0.833. The molecule has 0 aliphatic rings. The summed E-state index contributed by atoms with van der Waals surface area (Å²) in [5, 5.41) is 0. The molecule has 0 amide bonds. The van der Waals surface area contributed by atoms with E-state index in [0.29, 0.717) is 0 Å². The van der Waals surface area contributed by atoms with Gasteiger partial charge in [-0.25, -0.2) is 4.79 Å². The first-order chi connectivity index (χ1) is 11.6. The van der Waals surface area contributed by atoms with Crippen LogP contribution in [0, 0.1) is 13.8 Å². The average molecular weight is 387 g/mol. The molecular weight excluding hydrogens is 372 g/mol. The summed E-state index contributed by atoms with van der Waals surface area (Å²) in [6.07, 6.45) is -10.5. The number of hydrogen-bond donors (Lipinski definition) is 0. The molecule has 0 unspecified atom stereocenters. The summed E-state index contributed by atoms with van der Waals surface area (Å²) in [4.78, 5) is 35.0. The van der Waals surface area contributed by atoms with E-state index >= 15 is 0 Å². The van der Waals surface area contributed by atoms with Crippen LogP contribution in [0.3, 0.4) is 0 Å². The van der Waals surface area contributed by atoms with Crippen molar-refractivity contribution in [1.82, 2.24) is 4.98 Å². The van der Waals surface area contributed by atoms with Gasteiger partial charge in [-0.05, 0) is 26.8 Å². The minimum atomic E-state index is -4.87. The zero-order valence-electron chi connectivity index (χ0n) is 14.1. The zero-order chi connectivity index (χ0) is 20.9. The highest BCUT2D eigenvalue weighted by molar-refractivity contribution is 6.00. The molecule has 1 heterocycles. The fraction of sp³-hybridized carbons (Fsp3) is 0.467. The summed E-state index contributed by atoms with van der Waals surface area (Å²) in [7, 11) is 1.03. The first-order valence-corrected chi connectivity index (χ1v) is 6.84. The van der Waals surface area contributed by atoms with E-state index in [1.54, 1.807) is 0 Å². The lowest BCUT2D eigenvalue weighted by Crippen LogP contribution is -2.24. The van der Waals surface area contributed by atoms with Gasteiger partial charge in [0.2, 0.25) is 5.78 Å². The van der Waals surface area contributed by atoms with Crippen LogP contribution in [0.4, 0.5) is 26.3 Å². The summed E-state index contributed by atoms with van der Waals surface area (Å²) >= 11 is 0. The summed E-state index contributed by atoms with van der Waals surface area (Å²) in [5.74, 6) is -3.79. The van der Waals surface area contributed by atoms with Gasteiger partial charge in [-0.2, -0.15) is 26.3 Å². The average Bonchev–Trinajstić information content (AvgIpc) is 2.43. The second-order valence-electron chi connectivity index (χ2n) is 5.06. The van der Waals surface area contributed by atoms with Crippen LogP contribution in [-0.4, -0.2) is 35.8 Å². The van der Waals surface area contributed by atoms with Crippen LogP contribution in [0.1, 0.15) is 40.7 Å². The first-order valence-electron chi connectivity index (χ1n) is 6.84. The molecule has 0 aliphatic carbocycles. The predicted molar refractivity (Wildman–Crippen MR) is 76.4 cm³/mol. The monoisotopic (exact) mass is 387 g/mol. The van der Waals surface area contributed by atoms with Crippen molar-refractivity contribution in [3.05, 3.63) is 28.6 Å². The quantitative estimate of drug-likeness (QED) is 0.450. The number of hydrogen-bond acceptors (Lipinski definition) is 5. The largest absolute Gasteiger partial charge is 0.465 e. The van der Waals surface area contributed by atoms with Crippen molar-refractivity contribution in [3.63, 3.8) is 0 Å². The smallest absolute Gasteiger partial charge is 0.450 e. The van der Waals surface area contributed by atoms with Crippen LogP contribution >= 0.6 is 0 Å².